The van der Waals surface area contributed by atoms with Crippen molar-refractivity contribution in [3.05, 3.63) is 26.6 Å². The molecule has 0 saturated carbocycles. The standard InChI is InChI=1S/C9H7ClF2INO2/c10-3-6-8(13)5(9(11)12)1-4(14-6)2-7(15)16/h1,9H,2-3H2,(H,15,16). The zero-order valence-electron chi connectivity index (χ0n) is 7.88. The van der Waals surface area contributed by atoms with Crippen LogP contribution in [0, 0.1) is 3.57 Å². The minimum absolute atomic E-state index is 0.0224. The SMILES string of the molecule is O=C(O)Cc1cc(C(F)F)c(I)c(CCl)n1. The van der Waals surface area contributed by atoms with Gasteiger partial charge in [-0.1, -0.05) is 0 Å². The molecule has 0 aliphatic rings. The molecule has 0 radical (unpaired) electrons. The van der Waals surface area contributed by atoms with Crippen molar-refractivity contribution in [3.63, 3.8) is 0 Å². The highest BCUT2D eigenvalue weighted by Gasteiger charge is 2.18. The van der Waals surface area contributed by atoms with Gasteiger partial charge >= 0.3 is 5.97 Å². The number of aliphatic carboxylic acids is 1. The monoisotopic (exact) mass is 361 g/mol. The van der Waals surface area contributed by atoms with Gasteiger partial charge in [-0.3, -0.25) is 9.78 Å². The molecule has 0 unspecified atom stereocenters. The van der Waals surface area contributed by atoms with Gasteiger partial charge in [0.25, 0.3) is 6.43 Å². The van der Waals surface area contributed by atoms with Crippen LogP contribution in [0.3, 0.4) is 0 Å². The summed E-state index contributed by atoms with van der Waals surface area (Å²) in [4.78, 5) is 14.4. The van der Waals surface area contributed by atoms with Gasteiger partial charge in [-0.05, 0) is 28.7 Å². The molecule has 1 N–H and O–H groups in total. The number of pyridine rings is 1. The lowest BCUT2D eigenvalue weighted by Gasteiger charge is -2.09. The molecule has 0 bridgehead atoms. The maximum atomic E-state index is 12.6. The molecular formula is C9H7ClF2INO2. The van der Waals surface area contributed by atoms with Crippen LogP contribution >= 0.6 is 34.2 Å². The fourth-order valence-electron chi connectivity index (χ4n) is 1.16. The molecule has 0 amide bonds. The van der Waals surface area contributed by atoms with Crippen LogP contribution in [0.5, 0.6) is 0 Å². The summed E-state index contributed by atoms with van der Waals surface area (Å²) in [7, 11) is 0. The lowest BCUT2D eigenvalue weighted by Crippen LogP contribution is -2.07. The van der Waals surface area contributed by atoms with Crippen LogP contribution < -0.4 is 0 Å². The minimum Gasteiger partial charge on any atom is -0.481 e. The zero-order valence-corrected chi connectivity index (χ0v) is 10.8. The third-order valence-corrected chi connectivity index (χ3v) is 3.30. The molecular weight excluding hydrogens is 354 g/mol. The van der Waals surface area contributed by atoms with Crippen molar-refractivity contribution in [1.29, 1.82) is 0 Å². The first-order valence-corrected chi connectivity index (χ1v) is 5.81. The third kappa shape index (κ3) is 3.24. The Morgan fingerprint density at radius 3 is 2.69 bits per heavy atom. The molecule has 0 atom stereocenters. The highest BCUT2D eigenvalue weighted by molar-refractivity contribution is 14.1. The van der Waals surface area contributed by atoms with Crippen LogP contribution in [0.25, 0.3) is 0 Å². The fourth-order valence-corrected chi connectivity index (χ4v) is 2.28. The predicted molar refractivity (Wildman–Crippen MR) is 62.8 cm³/mol. The molecule has 1 aromatic heterocycles. The van der Waals surface area contributed by atoms with Gasteiger partial charge in [0.05, 0.1) is 23.7 Å². The molecule has 3 nitrogen and oxygen atoms in total. The number of carboxylic acids is 1. The zero-order chi connectivity index (χ0) is 12.3. The first-order valence-electron chi connectivity index (χ1n) is 4.19. The number of hydrogen-bond donors (Lipinski definition) is 1. The van der Waals surface area contributed by atoms with E-state index in [1.807, 2.05) is 0 Å². The highest BCUT2D eigenvalue weighted by atomic mass is 127. The van der Waals surface area contributed by atoms with Gasteiger partial charge < -0.3 is 5.11 Å². The van der Waals surface area contributed by atoms with Crippen LogP contribution in [0.15, 0.2) is 6.07 Å². The van der Waals surface area contributed by atoms with Gasteiger partial charge in [0, 0.05) is 9.13 Å². The summed E-state index contributed by atoms with van der Waals surface area (Å²) in [6.45, 7) is 0. The summed E-state index contributed by atoms with van der Waals surface area (Å²) in [5.74, 6) is -1.14. The van der Waals surface area contributed by atoms with E-state index in [9.17, 15) is 13.6 Å². The molecule has 0 saturated heterocycles. The maximum Gasteiger partial charge on any atom is 0.309 e. The van der Waals surface area contributed by atoms with Crippen LogP contribution in [0.4, 0.5) is 8.78 Å². The summed E-state index contributed by atoms with van der Waals surface area (Å²) in [6.07, 6.45) is -3.05. The van der Waals surface area contributed by atoms with Gasteiger partial charge in [-0.25, -0.2) is 8.78 Å². The normalized spacial score (nSPS) is 10.8. The van der Waals surface area contributed by atoms with Gasteiger partial charge in [0.2, 0.25) is 0 Å². The minimum atomic E-state index is -2.66. The highest BCUT2D eigenvalue weighted by Crippen LogP contribution is 2.27. The molecule has 0 fully saturated rings. The molecule has 0 aromatic carbocycles. The number of rotatable bonds is 4. The summed E-state index contributed by atoms with van der Waals surface area (Å²) in [6, 6.07) is 1.11. The second-order valence-corrected chi connectivity index (χ2v) is 4.31. The largest absolute Gasteiger partial charge is 0.481 e. The summed E-state index contributed by atoms with van der Waals surface area (Å²) >= 11 is 7.29. The summed E-state index contributed by atoms with van der Waals surface area (Å²) in [5, 5.41) is 8.57. The average molecular weight is 362 g/mol. The summed E-state index contributed by atoms with van der Waals surface area (Å²) in [5.41, 5.74) is 0.165. The molecule has 7 heteroatoms. The number of carboxylic acid groups (broad SMARTS) is 1. The van der Waals surface area contributed by atoms with E-state index in [0.29, 0.717) is 0 Å². The van der Waals surface area contributed by atoms with Crippen molar-refractivity contribution >= 4 is 40.2 Å². The number of aromatic nitrogens is 1. The quantitative estimate of drug-likeness (QED) is 0.662. The summed E-state index contributed by atoms with van der Waals surface area (Å²) < 4.78 is 25.6. The molecule has 88 valence electrons. The first kappa shape index (κ1) is 13.6. The van der Waals surface area contributed by atoms with E-state index >= 15 is 0 Å². The smallest absolute Gasteiger partial charge is 0.309 e. The van der Waals surface area contributed by atoms with Crippen LogP contribution in [0.1, 0.15) is 23.4 Å². The Bertz CT molecular complexity index is 415. The Morgan fingerprint density at radius 1 is 1.62 bits per heavy atom. The van der Waals surface area contributed by atoms with Gasteiger partial charge in [0.15, 0.2) is 0 Å². The van der Waals surface area contributed by atoms with E-state index in [0.717, 1.165) is 6.07 Å². The number of hydrogen-bond acceptors (Lipinski definition) is 2. The van der Waals surface area contributed by atoms with Gasteiger partial charge in [-0.2, -0.15) is 0 Å². The van der Waals surface area contributed by atoms with E-state index in [4.69, 9.17) is 16.7 Å². The van der Waals surface area contributed by atoms with Crippen molar-refractivity contribution in [1.82, 2.24) is 4.98 Å². The molecule has 0 spiro atoms. The number of alkyl halides is 3. The average Bonchev–Trinajstić information content (AvgIpc) is 2.19. The van der Waals surface area contributed by atoms with E-state index in [2.05, 4.69) is 4.98 Å². The van der Waals surface area contributed by atoms with Crippen molar-refractivity contribution in [3.8, 4) is 0 Å². The van der Waals surface area contributed by atoms with Gasteiger partial charge in [0.1, 0.15) is 0 Å². The van der Waals surface area contributed by atoms with Crippen molar-refractivity contribution < 1.29 is 18.7 Å². The lowest BCUT2D eigenvalue weighted by atomic mass is 10.1. The van der Waals surface area contributed by atoms with Crippen molar-refractivity contribution in [2.75, 3.05) is 0 Å². The Kier molecular flexibility index (Phi) is 4.85. The second-order valence-electron chi connectivity index (χ2n) is 2.97. The molecule has 1 rings (SSSR count). The van der Waals surface area contributed by atoms with E-state index in [1.165, 1.54) is 0 Å². The number of carbonyl (C=O) groups is 1. The predicted octanol–water partition coefficient (Wildman–Crippen LogP) is 2.99. The number of nitrogens with zero attached hydrogens (tertiary/aromatic N) is 1. The Hall–Kier alpha value is -0.500. The molecule has 16 heavy (non-hydrogen) atoms. The van der Waals surface area contributed by atoms with Gasteiger partial charge in [-0.15, -0.1) is 11.6 Å². The van der Waals surface area contributed by atoms with E-state index < -0.39 is 12.4 Å². The molecule has 1 aromatic rings. The topological polar surface area (TPSA) is 50.2 Å². The second kappa shape index (κ2) is 5.72. The van der Waals surface area contributed by atoms with E-state index in [1.54, 1.807) is 22.6 Å². The number of halogens is 4. The van der Waals surface area contributed by atoms with Crippen molar-refractivity contribution in [2.45, 2.75) is 18.7 Å². The first-order chi connectivity index (χ1) is 7.45. The Labute approximate surface area is 109 Å². The van der Waals surface area contributed by atoms with Crippen molar-refractivity contribution in [2.24, 2.45) is 0 Å². The molecule has 0 aliphatic carbocycles. The van der Waals surface area contributed by atoms with E-state index in [-0.39, 0.29) is 32.8 Å². The third-order valence-electron chi connectivity index (χ3n) is 1.80. The maximum absolute atomic E-state index is 12.6. The molecule has 1 heterocycles. The van der Waals surface area contributed by atoms with Crippen LogP contribution in [-0.2, 0) is 17.1 Å². The Morgan fingerprint density at radius 2 is 2.25 bits per heavy atom. The lowest BCUT2D eigenvalue weighted by molar-refractivity contribution is -0.136. The fraction of sp³-hybridized carbons (Fsp3) is 0.333. The van der Waals surface area contributed by atoms with Crippen LogP contribution in [0.2, 0.25) is 0 Å². The molecule has 0 aliphatic heterocycles. The van der Waals surface area contributed by atoms with Crippen LogP contribution in [-0.4, -0.2) is 16.1 Å². The Balaban J connectivity index is 3.22.